The molecule has 0 heterocycles. The minimum absolute atomic E-state index is 0.366. The van der Waals surface area contributed by atoms with Crippen molar-refractivity contribution < 1.29 is 19.8 Å². The molecule has 1 atom stereocenters. The molecule has 4 rings (SSSR count). The van der Waals surface area contributed by atoms with Gasteiger partial charge in [-0.05, 0) is 0 Å². The van der Waals surface area contributed by atoms with Crippen LogP contribution >= 0.6 is 15.8 Å². The average Bonchev–Trinajstić information content (AvgIpc) is 2.80. The maximum atomic E-state index is 2.32. The summed E-state index contributed by atoms with van der Waals surface area (Å²) in [6.07, 6.45) is 1.23. The van der Waals surface area contributed by atoms with Gasteiger partial charge in [-0.15, -0.1) is 0 Å². The first kappa shape index (κ1) is 20.7. The van der Waals surface area contributed by atoms with Crippen molar-refractivity contribution in [2.24, 2.45) is 0 Å². The third-order valence-corrected chi connectivity index (χ3v) is 14.0. The SMILES string of the molecule is [W][CH](CP(c1ccccc1)c1ccccc1)P(c1ccccc1)c1ccccc1. The Bertz CT molecular complexity index is 913. The fourth-order valence-electron chi connectivity index (χ4n) is 3.47. The van der Waals surface area contributed by atoms with Crippen molar-refractivity contribution >= 4 is 37.1 Å². The van der Waals surface area contributed by atoms with E-state index in [1.54, 1.807) is 19.8 Å². The molecule has 4 aromatic carbocycles. The summed E-state index contributed by atoms with van der Waals surface area (Å²) in [4.78, 5) is 0. The number of benzene rings is 4. The van der Waals surface area contributed by atoms with Crippen molar-refractivity contribution in [3.8, 4) is 0 Å². The van der Waals surface area contributed by atoms with Crippen LogP contribution in [0.2, 0.25) is 0 Å². The molecule has 0 aliphatic rings. The molecule has 1 unspecified atom stereocenters. The zero-order valence-electron chi connectivity index (χ0n) is 16.1. The van der Waals surface area contributed by atoms with E-state index in [9.17, 15) is 0 Å². The Morgan fingerprint density at radius 3 is 1.14 bits per heavy atom. The van der Waals surface area contributed by atoms with Crippen LogP contribution in [0.4, 0.5) is 0 Å². The van der Waals surface area contributed by atoms with Crippen LogP contribution in [-0.2, 0) is 19.8 Å². The van der Waals surface area contributed by atoms with Gasteiger partial charge in [-0.2, -0.15) is 0 Å². The van der Waals surface area contributed by atoms with E-state index in [2.05, 4.69) is 121 Å². The summed E-state index contributed by atoms with van der Waals surface area (Å²) in [6, 6.07) is 44.5. The Hall–Kier alpha value is -1.57. The second kappa shape index (κ2) is 10.5. The van der Waals surface area contributed by atoms with Crippen molar-refractivity contribution in [2.75, 3.05) is 6.16 Å². The van der Waals surface area contributed by atoms with E-state index in [0.29, 0.717) is 4.05 Å². The maximum absolute atomic E-state index is 2.32. The molecule has 0 aliphatic carbocycles. The fourth-order valence-corrected chi connectivity index (χ4v) is 12.9. The van der Waals surface area contributed by atoms with Crippen LogP contribution in [0.5, 0.6) is 0 Å². The quantitative estimate of drug-likeness (QED) is 0.266. The van der Waals surface area contributed by atoms with E-state index in [4.69, 9.17) is 0 Å². The Morgan fingerprint density at radius 1 is 0.483 bits per heavy atom. The Kier molecular flexibility index (Phi) is 7.46. The molecule has 0 aliphatic heterocycles. The molecular weight excluding hydrogens is 558 g/mol. The third-order valence-electron chi connectivity index (χ3n) is 4.83. The predicted molar refractivity (Wildman–Crippen MR) is 127 cm³/mol. The molecule has 0 bridgehead atoms. The van der Waals surface area contributed by atoms with Gasteiger partial charge in [-0.25, -0.2) is 0 Å². The third kappa shape index (κ3) is 5.32. The summed E-state index contributed by atoms with van der Waals surface area (Å²) < 4.78 is 0.668. The van der Waals surface area contributed by atoms with Gasteiger partial charge in [0.1, 0.15) is 0 Å². The van der Waals surface area contributed by atoms with E-state index in [1.165, 1.54) is 27.4 Å². The monoisotopic (exact) mass is 581 g/mol. The van der Waals surface area contributed by atoms with Crippen molar-refractivity contribution in [1.29, 1.82) is 0 Å². The molecule has 29 heavy (non-hydrogen) atoms. The van der Waals surface area contributed by atoms with Crippen molar-refractivity contribution in [1.82, 2.24) is 0 Å². The number of hydrogen-bond donors (Lipinski definition) is 0. The van der Waals surface area contributed by atoms with E-state index < -0.39 is 0 Å². The molecule has 0 nitrogen and oxygen atoms in total. The van der Waals surface area contributed by atoms with Gasteiger partial charge in [0.2, 0.25) is 0 Å². The molecule has 0 saturated carbocycles. The number of rotatable bonds is 7. The van der Waals surface area contributed by atoms with Gasteiger partial charge in [0.05, 0.1) is 0 Å². The van der Waals surface area contributed by atoms with Crippen LogP contribution in [0.1, 0.15) is 0 Å². The second-order valence-electron chi connectivity index (χ2n) is 6.78. The van der Waals surface area contributed by atoms with Gasteiger partial charge < -0.3 is 0 Å². The molecule has 0 amide bonds. The fraction of sp³-hybridized carbons (Fsp3) is 0.0769. The first-order chi connectivity index (χ1) is 14.3. The van der Waals surface area contributed by atoms with Crippen LogP contribution in [0.15, 0.2) is 121 Å². The summed E-state index contributed by atoms with van der Waals surface area (Å²) in [5.41, 5.74) is 0. The van der Waals surface area contributed by atoms with E-state index >= 15 is 0 Å². The summed E-state index contributed by atoms with van der Waals surface area (Å²) in [5, 5.41) is 5.95. The minimum atomic E-state index is -0.372. The Balaban J connectivity index is 1.70. The zero-order chi connectivity index (χ0) is 19.9. The zero-order valence-corrected chi connectivity index (χ0v) is 20.9. The van der Waals surface area contributed by atoms with Crippen LogP contribution in [0, 0.1) is 0 Å². The average molecular weight is 581 g/mol. The molecule has 3 heteroatoms. The van der Waals surface area contributed by atoms with Crippen LogP contribution in [0.3, 0.4) is 0 Å². The number of hydrogen-bond acceptors (Lipinski definition) is 0. The van der Waals surface area contributed by atoms with Crippen molar-refractivity contribution in [3.05, 3.63) is 121 Å². The summed E-state index contributed by atoms with van der Waals surface area (Å²) in [5.74, 6) is 0. The second-order valence-corrected chi connectivity index (χ2v) is 14.8. The van der Waals surface area contributed by atoms with Gasteiger partial charge >= 0.3 is 188 Å². The topological polar surface area (TPSA) is 0 Å². The van der Waals surface area contributed by atoms with E-state index in [-0.39, 0.29) is 15.8 Å². The first-order valence-electron chi connectivity index (χ1n) is 9.76. The predicted octanol–water partition coefficient (Wildman–Crippen LogP) is 5.13. The van der Waals surface area contributed by atoms with Crippen LogP contribution in [0.25, 0.3) is 0 Å². The molecule has 0 radical (unpaired) electrons. The molecule has 0 saturated heterocycles. The van der Waals surface area contributed by atoms with Crippen LogP contribution in [-0.4, -0.2) is 10.2 Å². The first-order valence-corrected chi connectivity index (χ1v) is 14.4. The van der Waals surface area contributed by atoms with Crippen LogP contribution < -0.4 is 21.2 Å². The summed E-state index contributed by atoms with van der Waals surface area (Å²) in [6.45, 7) is 0. The van der Waals surface area contributed by atoms with E-state index in [0.717, 1.165) is 0 Å². The molecule has 4 aromatic rings. The van der Waals surface area contributed by atoms with Crippen molar-refractivity contribution in [2.45, 2.75) is 4.05 Å². The Labute approximate surface area is 187 Å². The van der Waals surface area contributed by atoms with Gasteiger partial charge in [0, 0.05) is 0 Å². The molecule has 0 fully saturated rings. The molecule has 143 valence electrons. The molecule has 0 spiro atoms. The molecule has 0 N–H and O–H groups in total. The normalized spacial score (nSPS) is 12.2. The van der Waals surface area contributed by atoms with Gasteiger partial charge in [-0.3, -0.25) is 0 Å². The van der Waals surface area contributed by atoms with Gasteiger partial charge in [-0.1, -0.05) is 0 Å². The molecule has 0 aromatic heterocycles. The van der Waals surface area contributed by atoms with Gasteiger partial charge in [0.15, 0.2) is 0 Å². The van der Waals surface area contributed by atoms with Gasteiger partial charge in [0.25, 0.3) is 0 Å². The standard InChI is InChI=1S/C26H23P2.W/c1-5-13-23(14-6-1)27(24-15-7-2-8-16-24)21-22-28(25-17-9-3-10-18-25)26-19-11-4-12-20-26;/h1-21H,22H2;. The summed E-state index contributed by atoms with van der Waals surface area (Å²) in [7, 11) is -0.739. The summed E-state index contributed by atoms with van der Waals surface area (Å²) >= 11 is 1.69. The van der Waals surface area contributed by atoms with Crippen molar-refractivity contribution in [3.63, 3.8) is 0 Å². The molecular formula is C26H23P2W. The van der Waals surface area contributed by atoms with E-state index in [1.807, 2.05) is 0 Å². The Morgan fingerprint density at radius 2 is 0.793 bits per heavy atom.